The van der Waals surface area contributed by atoms with Crippen molar-refractivity contribution < 1.29 is 49.1 Å². The number of rotatable bonds is 17. The Hall–Kier alpha value is -4.70. The van der Waals surface area contributed by atoms with Crippen LogP contribution in [0.3, 0.4) is 0 Å². The minimum Gasteiger partial charge on any atom is -0.457 e. The number of ether oxygens (including phenoxy) is 2. The standard InChI is InChI=1S/C74H104N4O11/c1-8-74(56-38-59-66-44(33-43-13-9-10-14-57(43)77-66)39-78(59)67(85)49(56)40-88-69(74)87)89-68(86)58(76-63(84)23-17-42(3)51-19-21-53-65-55(27-31-73(51,53)7)71(5)29-25-48(80)35-46(71)37-61(65)82)15-11-12-32-75-62(83)22-16-41(2)50-18-20-52-64-54(26-30-72(50,52)6)70(4)28-24-47(79)34-45(70)36-60(64)81/h9-10,13-14,33,38,41-42,45-48,50-55,58,60-61,64-65,79-82H,8,11-12,15-32,34-37,39-40H2,1-7H3,(H,75,83)(H,76,84)/t41-,42-,45?,46?,47-,48-,50?,51?,52?,53?,54?,55?,58?,60-,61-,64?,65?,70+,71+,72-,73-,74+/m1/s1. The van der Waals surface area contributed by atoms with Crippen molar-refractivity contribution in [2.45, 2.75) is 252 Å². The molecule has 0 saturated heterocycles. The number of hydrogen-bond acceptors (Lipinski definition) is 12. The van der Waals surface area contributed by atoms with E-state index in [2.05, 4.69) is 52.2 Å². The lowest BCUT2D eigenvalue weighted by atomic mass is 9.43. The Bertz CT molecular complexity index is 3270. The second kappa shape index (κ2) is 24.0. The SMILES string of the molecule is CC[C@@]1(OC(=O)C(CCCCNC(=O)CC[C@@H](C)C2CCC3C4C(CC[C@@]32C)[C@@]2(C)CC[C@@H](O)CC2C[C@H]4O)NC(=O)CC[C@@H](C)C2CCC3C4C(CC[C@@]32C)[C@@]2(C)CC[C@@H](O)CC2C[C@H]4O)C(=O)OCc2c1cc1n(c2=O)Cc2cc3ccccc3nc2-1. The van der Waals surface area contributed by atoms with Crippen LogP contribution in [0.5, 0.6) is 0 Å². The van der Waals surface area contributed by atoms with Gasteiger partial charge in [-0.15, -0.1) is 0 Å². The molecule has 2 aromatic heterocycles. The molecule has 15 nitrogen and oxygen atoms in total. The molecule has 22 atom stereocenters. The van der Waals surface area contributed by atoms with E-state index in [4.69, 9.17) is 14.5 Å². The summed E-state index contributed by atoms with van der Waals surface area (Å²) in [6.45, 7) is 16.6. The van der Waals surface area contributed by atoms with Gasteiger partial charge in [0.25, 0.3) is 5.56 Å². The summed E-state index contributed by atoms with van der Waals surface area (Å²) in [6, 6.07) is 10.4. The highest BCUT2D eigenvalue weighted by atomic mass is 16.6. The molecule has 13 rings (SSSR count). The van der Waals surface area contributed by atoms with Crippen LogP contribution in [-0.4, -0.2) is 90.7 Å². The molecule has 1 aromatic carbocycles. The Balaban J connectivity index is 0.664. The number of aliphatic hydroxyl groups is 4. The van der Waals surface area contributed by atoms with Crippen LogP contribution in [0, 0.1) is 92.7 Å². The van der Waals surface area contributed by atoms with Gasteiger partial charge in [0.1, 0.15) is 12.6 Å². The number of carbonyl (C=O) groups is 4. The van der Waals surface area contributed by atoms with Gasteiger partial charge < -0.3 is 45.1 Å². The summed E-state index contributed by atoms with van der Waals surface area (Å²) >= 11 is 0. The van der Waals surface area contributed by atoms with Crippen LogP contribution in [0.4, 0.5) is 0 Å². The second-order valence-electron chi connectivity index (χ2n) is 32.1. The Kier molecular flexibility index (Phi) is 17.0. The van der Waals surface area contributed by atoms with Crippen LogP contribution >= 0.6 is 0 Å². The summed E-state index contributed by atoms with van der Waals surface area (Å²) in [4.78, 5) is 76.7. The van der Waals surface area contributed by atoms with Crippen molar-refractivity contribution in [3.63, 3.8) is 0 Å². The van der Waals surface area contributed by atoms with Gasteiger partial charge in [-0.05, 0) is 252 Å². The fourth-order valence-electron chi connectivity index (χ4n) is 23.1. The minimum atomic E-state index is -1.97. The second-order valence-corrected chi connectivity index (χ2v) is 32.1. The maximum atomic E-state index is 15.0. The van der Waals surface area contributed by atoms with E-state index < -0.39 is 23.6 Å². The number of amides is 2. The van der Waals surface area contributed by atoms with Crippen LogP contribution in [0.25, 0.3) is 22.3 Å². The maximum Gasteiger partial charge on any atom is 0.355 e. The highest BCUT2D eigenvalue weighted by Gasteiger charge is 2.65. The highest BCUT2D eigenvalue weighted by Crippen LogP contribution is 2.70. The van der Waals surface area contributed by atoms with Gasteiger partial charge in [-0.3, -0.25) is 14.4 Å². The third-order valence-corrected chi connectivity index (χ3v) is 28.0. The van der Waals surface area contributed by atoms with Crippen molar-refractivity contribution in [2.75, 3.05) is 6.54 Å². The Morgan fingerprint density at radius 1 is 0.697 bits per heavy atom. The minimum absolute atomic E-state index is 0.00847. The summed E-state index contributed by atoms with van der Waals surface area (Å²) in [7, 11) is 0. The Morgan fingerprint density at radius 2 is 1.26 bits per heavy atom. The number of unbranched alkanes of at least 4 members (excludes halogenated alkanes) is 1. The van der Waals surface area contributed by atoms with Crippen molar-refractivity contribution in [1.82, 2.24) is 20.2 Å². The number of para-hydroxylation sites is 1. The van der Waals surface area contributed by atoms with E-state index in [1.54, 1.807) is 17.6 Å². The molecule has 0 bridgehead atoms. The zero-order valence-electron chi connectivity index (χ0n) is 54.4. The van der Waals surface area contributed by atoms with Crippen molar-refractivity contribution in [1.29, 1.82) is 0 Å². The number of nitrogens with one attached hydrogen (secondary N) is 2. The number of aliphatic hydroxyl groups excluding tert-OH is 4. The quantitative estimate of drug-likeness (QED) is 0.0429. The monoisotopic (exact) mass is 1220 g/mol. The van der Waals surface area contributed by atoms with Crippen molar-refractivity contribution in [2.24, 2.45) is 92.7 Å². The number of aromatic nitrogens is 2. The lowest BCUT2D eigenvalue weighted by Crippen LogP contribution is -2.58. The molecular weight excluding hydrogens is 1120 g/mol. The van der Waals surface area contributed by atoms with Crippen LogP contribution < -0.4 is 16.2 Å². The van der Waals surface area contributed by atoms with Gasteiger partial charge in [0.15, 0.2) is 0 Å². The van der Waals surface area contributed by atoms with E-state index in [-0.39, 0.29) is 112 Å². The van der Waals surface area contributed by atoms with Crippen LogP contribution in [0.15, 0.2) is 41.2 Å². The number of esters is 2. The Morgan fingerprint density at radius 3 is 1.85 bits per heavy atom. The molecule has 8 saturated carbocycles. The van der Waals surface area contributed by atoms with E-state index in [9.17, 15) is 44.4 Å². The van der Waals surface area contributed by atoms with Crippen LogP contribution in [0.2, 0.25) is 0 Å². The van der Waals surface area contributed by atoms with E-state index in [1.807, 2.05) is 30.3 Å². The zero-order valence-corrected chi connectivity index (χ0v) is 54.4. The van der Waals surface area contributed by atoms with E-state index in [0.29, 0.717) is 109 Å². The number of benzene rings is 1. The molecule has 0 spiro atoms. The third kappa shape index (κ3) is 10.7. The fraction of sp³-hybridized carbons (Fsp3) is 0.757. The summed E-state index contributed by atoms with van der Waals surface area (Å²) in [5, 5.41) is 52.1. The summed E-state index contributed by atoms with van der Waals surface area (Å²) in [6.07, 6.45) is 17.7. The molecule has 11 unspecified atom stereocenters. The number of cyclic esters (lactones) is 1. The molecule has 3 aromatic rings. The molecule has 10 aliphatic rings. The molecule has 486 valence electrons. The van der Waals surface area contributed by atoms with Gasteiger partial charge in [0.05, 0.1) is 53.4 Å². The largest absolute Gasteiger partial charge is 0.457 e. The van der Waals surface area contributed by atoms with Crippen LogP contribution in [0.1, 0.15) is 219 Å². The van der Waals surface area contributed by atoms with E-state index in [1.165, 1.54) is 0 Å². The first-order valence-corrected chi connectivity index (χ1v) is 35.4. The summed E-state index contributed by atoms with van der Waals surface area (Å²) < 4.78 is 13.8. The number of pyridine rings is 2. The molecule has 2 amide bonds. The molecule has 89 heavy (non-hydrogen) atoms. The third-order valence-electron chi connectivity index (χ3n) is 28.0. The maximum absolute atomic E-state index is 15.0. The predicted octanol–water partition coefficient (Wildman–Crippen LogP) is 11.2. The summed E-state index contributed by atoms with van der Waals surface area (Å²) in [5.41, 5.74) is 1.48. The van der Waals surface area contributed by atoms with E-state index in [0.717, 1.165) is 126 Å². The van der Waals surface area contributed by atoms with Gasteiger partial charge >= 0.3 is 11.9 Å². The normalized spacial score (nSPS) is 40.1. The average molecular weight is 1230 g/mol. The van der Waals surface area contributed by atoms with Crippen LogP contribution in [-0.2, 0) is 47.4 Å². The van der Waals surface area contributed by atoms with Gasteiger partial charge in [-0.25, -0.2) is 14.6 Å². The molecule has 0 radical (unpaired) electrons. The predicted molar refractivity (Wildman–Crippen MR) is 339 cm³/mol. The summed E-state index contributed by atoms with van der Waals surface area (Å²) in [5.74, 6) is 2.63. The highest BCUT2D eigenvalue weighted by molar-refractivity contribution is 5.91. The van der Waals surface area contributed by atoms with Gasteiger partial charge in [0, 0.05) is 35.9 Å². The molecule has 8 fully saturated rings. The Labute approximate surface area is 527 Å². The first-order valence-electron chi connectivity index (χ1n) is 35.4. The molecule has 8 aliphatic carbocycles. The topological polar surface area (TPSA) is 227 Å². The lowest BCUT2D eigenvalue weighted by molar-refractivity contribution is -0.191. The van der Waals surface area contributed by atoms with Gasteiger partial charge in [0.2, 0.25) is 17.4 Å². The molecule has 6 N–H and O–H groups in total. The van der Waals surface area contributed by atoms with Crippen molar-refractivity contribution in [3.8, 4) is 11.4 Å². The van der Waals surface area contributed by atoms with E-state index >= 15 is 0 Å². The lowest BCUT2D eigenvalue weighted by Gasteiger charge is -2.62. The average Bonchev–Trinajstić information content (AvgIpc) is 1.72. The van der Waals surface area contributed by atoms with Gasteiger partial charge in [-0.2, -0.15) is 0 Å². The smallest absolute Gasteiger partial charge is 0.355 e. The molecule has 4 heterocycles. The number of fused-ring (bicyclic) bond motifs is 15. The van der Waals surface area contributed by atoms with Gasteiger partial charge in [-0.1, -0.05) is 66.7 Å². The van der Waals surface area contributed by atoms with Crippen molar-refractivity contribution in [3.05, 3.63) is 63.4 Å². The molecule has 15 heteroatoms. The first-order chi connectivity index (χ1) is 42.5. The zero-order chi connectivity index (χ0) is 62.7. The fourth-order valence-corrected chi connectivity index (χ4v) is 23.1. The molecular formula is C74H104N4O11. The molecule has 2 aliphatic heterocycles. The number of hydrogen-bond donors (Lipinski definition) is 6. The first kappa shape index (κ1) is 63.1. The number of nitrogens with zero attached hydrogens (tertiary/aromatic N) is 2. The number of carbonyl (C=O) groups excluding carboxylic acids is 4. The van der Waals surface area contributed by atoms with Crippen molar-refractivity contribution >= 4 is 34.7 Å².